The van der Waals surface area contributed by atoms with E-state index in [1.54, 1.807) is 0 Å². The maximum atomic E-state index is 9.66. The summed E-state index contributed by atoms with van der Waals surface area (Å²) in [7, 11) is 1.97. The van der Waals surface area contributed by atoms with Crippen LogP contribution in [0.15, 0.2) is 24.3 Å². The molecule has 2 unspecified atom stereocenters. The molecule has 1 aliphatic heterocycles. The number of β-amino-alcohol motifs (C(OH)–C–C–N with tert-alkyl or cyclic N) is 1. The molecule has 2 atom stereocenters. The molecular formula is C19H32N2O4. The average Bonchev–Trinajstić information content (AvgIpc) is 3.04. The van der Waals surface area contributed by atoms with Crippen LogP contribution in [0.4, 0.5) is 0 Å². The maximum absolute atomic E-state index is 9.66. The molecule has 0 spiro atoms. The van der Waals surface area contributed by atoms with Crippen molar-refractivity contribution in [3.63, 3.8) is 0 Å². The Morgan fingerprint density at radius 1 is 1.20 bits per heavy atom. The van der Waals surface area contributed by atoms with Crippen molar-refractivity contribution in [1.29, 1.82) is 0 Å². The first kappa shape index (κ1) is 20.1. The molecule has 1 fully saturated rings. The number of unbranched alkanes of at least 4 members (excludes halogenated alkanes) is 1. The van der Waals surface area contributed by atoms with E-state index < -0.39 is 0 Å². The van der Waals surface area contributed by atoms with Gasteiger partial charge in [-0.2, -0.15) is 0 Å². The maximum Gasteiger partial charge on any atom is 0.119 e. The Balaban J connectivity index is 1.70. The van der Waals surface area contributed by atoms with Crippen molar-refractivity contribution in [2.75, 3.05) is 46.5 Å². The van der Waals surface area contributed by atoms with Crippen molar-refractivity contribution in [3.05, 3.63) is 29.8 Å². The van der Waals surface area contributed by atoms with E-state index >= 15 is 0 Å². The van der Waals surface area contributed by atoms with Gasteiger partial charge in [-0.1, -0.05) is 25.5 Å². The number of aliphatic hydroxyl groups excluding tert-OH is 1. The summed E-state index contributed by atoms with van der Waals surface area (Å²) in [4.78, 5) is 12.4. The lowest BCUT2D eigenvalue weighted by Gasteiger charge is -2.23. The van der Waals surface area contributed by atoms with Crippen LogP contribution in [0.25, 0.3) is 0 Å². The molecule has 2 N–H and O–H groups in total. The van der Waals surface area contributed by atoms with E-state index in [9.17, 15) is 5.11 Å². The number of hydrogen-bond acceptors (Lipinski definition) is 6. The highest BCUT2D eigenvalue weighted by Crippen LogP contribution is 2.20. The van der Waals surface area contributed by atoms with Gasteiger partial charge in [-0.3, -0.25) is 4.90 Å². The zero-order chi connectivity index (χ0) is 17.9. The zero-order valence-electron chi connectivity index (χ0n) is 15.4. The third kappa shape index (κ3) is 7.30. The number of nitrogens with one attached hydrogen (secondary N) is 1. The fourth-order valence-corrected chi connectivity index (χ4v) is 2.91. The lowest BCUT2D eigenvalue weighted by Crippen LogP contribution is -2.33. The number of aliphatic hydroxyl groups is 1. The Morgan fingerprint density at radius 3 is 2.60 bits per heavy atom. The van der Waals surface area contributed by atoms with Crippen LogP contribution in [0.1, 0.15) is 37.8 Å². The van der Waals surface area contributed by atoms with Crippen LogP contribution in [0, 0.1) is 0 Å². The highest BCUT2D eigenvalue weighted by molar-refractivity contribution is 5.29. The molecule has 0 aromatic heterocycles. The first-order chi connectivity index (χ1) is 12.2. The summed E-state index contributed by atoms with van der Waals surface area (Å²) in [6.07, 6.45) is 2.79. The standard InChI is InChI=1S/C19H32N2O4/c1-3-4-11-24-25-13-12-23-18-7-5-16(6-8-18)19(20-2)15-21-10-9-17(22)14-21/h5-8,17,19-20,22H,3-4,9-15H2,1-2H3. The molecule has 0 amide bonds. The van der Waals surface area contributed by atoms with Crippen molar-refractivity contribution in [2.24, 2.45) is 0 Å². The fourth-order valence-electron chi connectivity index (χ4n) is 2.91. The lowest BCUT2D eigenvalue weighted by atomic mass is 10.1. The molecule has 0 bridgehead atoms. The summed E-state index contributed by atoms with van der Waals surface area (Å²) in [6.45, 7) is 6.25. The van der Waals surface area contributed by atoms with Crippen LogP contribution in [0.5, 0.6) is 5.75 Å². The molecule has 6 heteroatoms. The molecule has 0 saturated carbocycles. The van der Waals surface area contributed by atoms with Crippen molar-refractivity contribution in [3.8, 4) is 5.75 Å². The quantitative estimate of drug-likeness (QED) is 0.341. The third-order valence-corrected chi connectivity index (χ3v) is 4.42. The summed E-state index contributed by atoms with van der Waals surface area (Å²) < 4.78 is 5.66. The van der Waals surface area contributed by atoms with Gasteiger partial charge in [0.05, 0.1) is 12.7 Å². The van der Waals surface area contributed by atoms with E-state index in [1.807, 2.05) is 19.2 Å². The summed E-state index contributed by atoms with van der Waals surface area (Å²) in [5.41, 5.74) is 1.22. The predicted molar refractivity (Wildman–Crippen MR) is 97.6 cm³/mol. The molecule has 0 radical (unpaired) electrons. The SMILES string of the molecule is CCCCOOCCOc1ccc(C(CN2CCC(O)C2)NC)cc1. The summed E-state index contributed by atoms with van der Waals surface area (Å²) in [5.74, 6) is 0.826. The van der Waals surface area contributed by atoms with Crippen LogP contribution < -0.4 is 10.1 Å². The number of hydrogen-bond donors (Lipinski definition) is 2. The van der Waals surface area contributed by atoms with Crippen molar-refractivity contribution in [1.82, 2.24) is 10.2 Å². The smallest absolute Gasteiger partial charge is 0.119 e. The van der Waals surface area contributed by atoms with Gasteiger partial charge in [-0.25, -0.2) is 9.78 Å². The van der Waals surface area contributed by atoms with Crippen LogP contribution in [0.2, 0.25) is 0 Å². The van der Waals surface area contributed by atoms with Crippen LogP contribution in [-0.4, -0.2) is 62.6 Å². The Hall–Kier alpha value is -1.18. The van der Waals surface area contributed by atoms with E-state index in [4.69, 9.17) is 14.5 Å². The molecule has 0 aliphatic carbocycles. The second kappa shape index (κ2) is 11.4. The molecule has 1 heterocycles. The fraction of sp³-hybridized carbons (Fsp3) is 0.684. The molecule has 2 rings (SSSR count). The molecule has 6 nitrogen and oxygen atoms in total. The highest BCUT2D eigenvalue weighted by Gasteiger charge is 2.23. The number of benzene rings is 1. The van der Waals surface area contributed by atoms with Crippen LogP contribution >= 0.6 is 0 Å². The van der Waals surface area contributed by atoms with Gasteiger partial charge in [0, 0.05) is 25.7 Å². The van der Waals surface area contributed by atoms with Crippen molar-refractivity contribution < 1.29 is 19.6 Å². The number of rotatable bonds is 12. The minimum atomic E-state index is -0.179. The average molecular weight is 352 g/mol. The van der Waals surface area contributed by atoms with E-state index in [2.05, 4.69) is 29.3 Å². The van der Waals surface area contributed by atoms with Crippen LogP contribution in [-0.2, 0) is 9.78 Å². The van der Waals surface area contributed by atoms with Gasteiger partial charge in [0.15, 0.2) is 0 Å². The number of nitrogens with zero attached hydrogens (tertiary/aromatic N) is 1. The van der Waals surface area contributed by atoms with Crippen molar-refractivity contribution >= 4 is 0 Å². The topological polar surface area (TPSA) is 63.2 Å². The molecule has 1 saturated heterocycles. The van der Waals surface area contributed by atoms with Gasteiger partial charge in [0.25, 0.3) is 0 Å². The largest absolute Gasteiger partial charge is 0.491 e. The number of ether oxygens (including phenoxy) is 1. The molecular weight excluding hydrogens is 320 g/mol. The van der Waals surface area contributed by atoms with E-state index in [1.165, 1.54) is 5.56 Å². The Bertz CT molecular complexity index is 469. The van der Waals surface area contributed by atoms with Gasteiger partial charge in [0.1, 0.15) is 19.0 Å². The van der Waals surface area contributed by atoms with E-state index in [0.29, 0.717) is 19.8 Å². The normalized spacial score (nSPS) is 19.2. The van der Waals surface area contributed by atoms with Gasteiger partial charge in [0.2, 0.25) is 0 Å². The molecule has 25 heavy (non-hydrogen) atoms. The Kier molecular flexibility index (Phi) is 9.21. The minimum Gasteiger partial charge on any atom is -0.491 e. The Labute approximate surface area is 151 Å². The highest BCUT2D eigenvalue weighted by atomic mass is 17.2. The summed E-state index contributed by atoms with van der Waals surface area (Å²) in [6, 6.07) is 8.38. The van der Waals surface area contributed by atoms with E-state index in [0.717, 1.165) is 44.6 Å². The first-order valence-electron chi connectivity index (χ1n) is 9.27. The lowest BCUT2D eigenvalue weighted by molar-refractivity contribution is -0.297. The molecule has 1 aliphatic rings. The zero-order valence-corrected chi connectivity index (χ0v) is 15.4. The van der Waals surface area contributed by atoms with E-state index in [-0.39, 0.29) is 12.1 Å². The Morgan fingerprint density at radius 2 is 1.96 bits per heavy atom. The minimum absolute atomic E-state index is 0.179. The monoisotopic (exact) mass is 352 g/mol. The second-order valence-corrected chi connectivity index (χ2v) is 6.46. The third-order valence-electron chi connectivity index (χ3n) is 4.42. The molecule has 142 valence electrons. The second-order valence-electron chi connectivity index (χ2n) is 6.46. The van der Waals surface area contributed by atoms with Crippen LogP contribution in [0.3, 0.4) is 0 Å². The van der Waals surface area contributed by atoms with Crippen molar-refractivity contribution in [2.45, 2.75) is 38.3 Å². The van der Waals surface area contributed by atoms with Gasteiger partial charge in [-0.15, -0.1) is 0 Å². The van der Waals surface area contributed by atoms with Gasteiger partial charge in [-0.05, 0) is 37.6 Å². The summed E-state index contributed by atoms with van der Waals surface area (Å²) in [5, 5.41) is 13.0. The van der Waals surface area contributed by atoms with Gasteiger partial charge < -0.3 is 15.2 Å². The van der Waals surface area contributed by atoms with Gasteiger partial charge >= 0.3 is 0 Å². The first-order valence-corrected chi connectivity index (χ1v) is 9.27. The summed E-state index contributed by atoms with van der Waals surface area (Å²) >= 11 is 0. The molecule has 1 aromatic rings. The predicted octanol–water partition coefficient (Wildman–Crippen LogP) is 2.14. The number of likely N-dealkylation sites (tertiary alicyclic amines) is 1. The molecule has 1 aromatic carbocycles. The number of likely N-dealkylation sites (N-methyl/N-ethyl adjacent to an activating group) is 1.